The van der Waals surface area contributed by atoms with Gasteiger partial charge in [-0.3, -0.25) is 10.1 Å². The number of fused-ring (bicyclic) bond motifs is 3. The first kappa shape index (κ1) is 26.3. The third-order valence-corrected chi connectivity index (χ3v) is 5.60. The van der Waals surface area contributed by atoms with Crippen LogP contribution in [0.2, 0.25) is 0 Å². The molecule has 0 saturated carbocycles. The van der Waals surface area contributed by atoms with Gasteiger partial charge in [0.25, 0.3) is 0 Å². The number of carbonyl (C=O) groups excluding carboxylic acids is 1. The van der Waals surface area contributed by atoms with Gasteiger partial charge in [-0.25, -0.2) is 0 Å². The summed E-state index contributed by atoms with van der Waals surface area (Å²) >= 11 is 0. The monoisotopic (exact) mass is 485 g/mol. The van der Waals surface area contributed by atoms with Crippen molar-refractivity contribution in [3.05, 3.63) is 46.5 Å². The first-order chi connectivity index (χ1) is 17.0. The molecule has 9 nitrogen and oxygen atoms in total. The number of aromatic hydroxyl groups is 1. The van der Waals surface area contributed by atoms with Crippen molar-refractivity contribution in [2.75, 3.05) is 27.4 Å². The fourth-order valence-electron chi connectivity index (χ4n) is 3.95. The predicted octanol–water partition coefficient (Wildman–Crippen LogP) is 1.40. The summed E-state index contributed by atoms with van der Waals surface area (Å²) in [6, 6.07) is 6.74. The van der Waals surface area contributed by atoms with Gasteiger partial charge in [-0.05, 0) is 49.6 Å². The highest BCUT2D eigenvalue weighted by Crippen LogP contribution is 2.35. The van der Waals surface area contributed by atoms with E-state index in [2.05, 4.69) is 17.2 Å². The summed E-state index contributed by atoms with van der Waals surface area (Å²) in [5, 5.41) is 42.3. The lowest BCUT2D eigenvalue weighted by atomic mass is 9.97. The third kappa shape index (κ3) is 7.10. The Kier molecular flexibility index (Phi) is 9.76. The molecule has 1 aliphatic carbocycles. The number of phenols is 1. The first-order valence-electron chi connectivity index (χ1n) is 11.4. The Morgan fingerprint density at radius 1 is 1.03 bits per heavy atom. The lowest BCUT2D eigenvalue weighted by Gasteiger charge is -2.17. The average Bonchev–Trinajstić information content (AvgIpc) is 2.83. The van der Waals surface area contributed by atoms with Crippen LogP contribution in [0.1, 0.15) is 41.5 Å². The molecule has 5 N–H and O–H groups in total. The second-order valence-electron chi connectivity index (χ2n) is 8.13. The van der Waals surface area contributed by atoms with Crippen LogP contribution in [0.25, 0.3) is 0 Å². The maximum Gasteiger partial charge on any atom is 0.186 e. The summed E-state index contributed by atoms with van der Waals surface area (Å²) < 4.78 is 16.5. The smallest absolute Gasteiger partial charge is 0.186 e. The van der Waals surface area contributed by atoms with Crippen molar-refractivity contribution in [2.24, 2.45) is 0 Å². The van der Waals surface area contributed by atoms with Crippen LogP contribution in [-0.2, 0) is 24.1 Å². The number of ether oxygens (including phenoxy) is 3. The van der Waals surface area contributed by atoms with Gasteiger partial charge in [-0.1, -0.05) is 24.0 Å². The van der Waals surface area contributed by atoms with Crippen molar-refractivity contribution in [1.82, 2.24) is 5.32 Å². The molecule has 1 atom stereocenters. The maximum atomic E-state index is 12.5. The number of hydrogen-bond donors (Lipinski definition) is 5. The Morgan fingerprint density at radius 3 is 2.57 bits per heavy atom. The number of aliphatic hydroxyl groups excluding tert-OH is 3. The molecule has 2 aromatic carbocycles. The Labute approximate surface area is 204 Å². The molecule has 0 unspecified atom stereocenters. The molecule has 0 aromatic heterocycles. The SMILES string of the molecule is CNCOc1c2cc(cc1OCO)CC[C@@H](O)CC(=O)CCc1ccc(O)c(OCO)c1C#CC2. The zero-order chi connectivity index (χ0) is 25.2. The molecule has 3 rings (SSSR count). The summed E-state index contributed by atoms with van der Waals surface area (Å²) in [5.41, 5.74) is 2.61. The minimum absolute atomic E-state index is 0.0231. The lowest BCUT2D eigenvalue weighted by Crippen LogP contribution is -2.16. The Morgan fingerprint density at radius 2 is 1.83 bits per heavy atom. The van der Waals surface area contributed by atoms with E-state index in [4.69, 9.17) is 14.2 Å². The molecule has 0 fully saturated rings. The molecule has 0 spiro atoms. The van der Waals surface area contributed by atoms with Gasteiger partial charge >= 0.3 is 0 Å². The van der Waals surface area contributed by atoms with Crippen molar-refractivity contribution in [2.45, 2.75) is 44.6 Å². The lowest BCUT2D eigenvalue weighted by molar-refractivity contribution is -0.121. The molecule has 1 aliphatic rings. The molecular weight excluding hydrogens is 454 g/mol. The van der Waals surface area contributed by atoms with Gasteiger partial charge in [-0.15, -0.1) is 0 Å². The summed E-state index contributed by atoms with van der Waals surface area (Å²) in [4.78, 5) is 12.5. The number of carbonyl (C=O) groups is 1. The molecule has 2 bridgehead atoms. The van der Waals surface area contributed by atoms with Gasteiger partial charge in [0.2, 0.25) is 0 Å². The van der Waals surface area contributed by atoms with E-state index in [1.54, 1.807) is 19.2 Å². The number of rotatable bonds is 7. The Balaban J connectivity index is 2.11. The normalized spacial score (nSPS) is 16.2. The molecule has 0 aliphatic heterocycles. The quantitative estimate of drug-likeness (QED) is 0.291. The van der Waals surface area contributed by atoms with E-state index in [9.17, 15) is 25.2 Å². The second kappa shape index (κ2) is 13.0. The summed E-state index contributed by atoms with van der Waals surface area (Å²) in [6.07, 6.45) is 0.869. The van der Waals surface area contributed by atoms with Gasteiger partial charge < -0.3 is 34.6 Å². The Hall–Kier alpha value is -3.29. The third-order valence-electron chi connectivity index (χ3n) is 5.60. The standard InChI is InChI=1S/C26H31NO8/c1-27-14-33-25-19-3-2-4-22-18(7-10-23(32)26(22)35-16-29)6-9-21(31)13-20(30)8-5-17(11-19)12-24(25)34-15-28/h7,10-12,20,27-30,32H,3,5-6,8-9,13-16H2,1H3/t20-/m1/s1. The summed E-state index contributed by atoms with van der Waals surface area (Å²) in [6.45, 7) is -0.994. The highest BCUT2D eigenvalue weighted by molar-refractivity contribution is 5.79. The van der Waals surface area contributed by atoms with E-state index in [-0.39, 0.29) is 43.3 Å². The van der Waals surface area contributed by atoms with Crippen LogP contribution in [0.4, 0.5) is 0 Å². The highest BCUT2D eigenvalue weighted by Gasteiger charge is 2.18. The molecule has 35 heavy (non-hydrogen) atoms. The van der Waals surface area contributed by atoms with E-state index in [1.165, 1.54) is 6.07 Å². The van der Waals surface area contributed by atoms with Crippen LogP contribution in [0.15, 0.2) is 24.3 Å². The molecular formula is C26H31NO8. The molecule has 2 aromatic rings. The number of Topliss-reactive ketones (excluding diaryl/α,β-unsaturated/α-hetero) is 1. The van der Waals surface area contributed by atoms with E-state index < -0.39 is 19.7 Å². The Bertz CT molecular complexity index is 1090. The zero-order valence-corrected chi connectivity index (χ0v) is 19.7. The van der Waals surface area contributed by atoms with Gasteiger partial charge in [0, 0.05) is 24.8 Å². The van der Waals surface area contributed by atoms with Crippen LogP contribution >= 0.6 is 0 Å². The largest absolute Gasteiger partial charge is 0.504 e. The van der Waals surface area contributed by atoms with E-state index >= 15 is 0 Å². The minimum Gasteiger partial charge on any atom is -0.504 e. The molecule has 9 heteroatoms. The molecule has 188 valence electrons. The van der Waals surface area contributed by atoms with Crippen molar-refractivity contribution in [3.8, 4) is 34.8 Å². The number of hydrogen-bond acceptors (Lipinski definition) is 9. The molecule has 0 amide bonds. The first-order valence-corrected chi connectivity index (χ1v) is 11.4. The van der Waals surface area contributed by atoms with Gasteiger partial charge in [0.05, 0.1) is 11.7 Å². The number of ketones is 1. The van der Waals surface area contributed by atoms with Gasteiger partial charge in [0.15, 0.2) is 36.6 Å². The van der Waals surface area contributed by atoms with E-state index in [0.29, 0.717) is 47.5 Å². The van der Waals surface area contributed by atoms with Crippen LogP contribution in [0.3, 0.4) is 0 Å². The number of aliphatic hydroxyl groups is 3. The number of nitrogens with one attached hydrogen (secondary N) is 1. The van der Waals surface area contributed by atoms with Gasteiger partial charge in [0.1, 0.15) is 12.5 Å². The minimum atomic E-state index is -0.803. The fourth-order valence-corrected chi connectivity index (χ4v) is 3.95. The second-order valence-corrected chi connectivity index (χ2v) is 8.13. The van der Waals surface area contributed by atoms with Crippen molar-refractivity contribution in [3.63, 3.8) is 0 Å². The maximum absolute atomic E-state index is 12.5. The van der Waals surface area contributed by atoms with Crippen LogP contribution < -0.4 is 19.5 Å². The summed E-state index contributed by atoms with van der Waals surface area (Å²) in [7, 11) is 1.73. The highest BCUT2D eigenvalue weighted by atomic mass is 16.6. The fraction of sp³-hybridized carbons (Fsp3) is 0.423. The van der Waals surface area contributed by atoms with Crippen molar-refractivity contribution >= 4 is 5.78 Å². The van der Waals surface area contributed by atoms with Crippen LogP contribution in [-0.4, -0.2) is 59.7 Å². The zero-order valence-electron chi connectivity index (χ0n) is 19.7. The van der Waals surface area contributed by atoms with Crippen molar-refractivity contribution < 1.29 is 39.4 Å². The predicted molar refractivity (Wildman–Crippen MR) is 127 cm³/mol. The summed E-state index contributed by atoms with van der Waals surface area (Å²) in [5.74, 6) is 6.64. The van der Waals surface area contributed by atoms with Crippen LogP contribution in [0.5, 0.6) is 23.0 Å². The topological polar surface area (TPSA) is 138 Å². The van der Waals surface area contributed by atoms with Gasteiger partial charge in [-0.2, -0.15) is 0 Å². The molecule has 0 radical (unpaired) electrons. The molecule has 0 heterocycles. The number of aryl methyl sites for hydroxylation is 2. The molecule has 0 saturated heterocycles. The van der Waals surface area contributed by atoms with Crippen molar-refractivity contribution in [1.29, 1.82) is 0 Å². The van der Waals surface area contributed by atoms with Crippen LogP contribution in [0, 0.1) is 11.8 Å². The van der Waals surface area contributed by atoms with E-state index in [1.807, 2.05) is 6.07 Å². The number of benzene rings is 2. The van der Waals surface area contributed by atoms with E-state index in [0.717, 1.165) is 5.56 Å². The average molecular weight is 486 g/mol. The number of phenolic OH excluding ortho intramolecular Hbond substituents is 1.